The van der Waals surface area contributed by atoms with Gasteiger partial charge in [0.25, 0.3) is 0 Å². The van der Waals surface area contributed by atoms with Crippen LogP contribution in [0.25, 0.3) is 0 Å². The van der Waals surface area contributed by atoms with Gasteiger partial charge >= 0.3 is 11.9 Å². The molecule has 0 aromatic heterocycles. The predicted molar refractivity (Wildman–Crippen MR) is 63.9 cm³/mol. The minimum absolute atomic E-state index is 0.0198. The van der Waals surface area contributed by atoms with E-state index in [0.29, 0.717) is 6.42 Å². The summed E-state index contributed by atoms with van der Waals surface area (Å²) in [7, 11) is 0. The highest BCUT2D eigenvalue weighted by molar-refractivity contribution is 5.87. The zero-order valence-electron chi connectivity index (χ0n) is 10.5. The molecule has 18 heavy (non-hydrogen) atoms. The molecule has 0 unspecified atom stereocenters. The summed E-state index contributed by atoms with van der Waals surface area (Å²) < 4.78 is 0. The molecular formula is C11H20N2O5. The summed E-state index contributed by atoms with van der Waals surface area (Å²) in [4.78, 5) is 32.9. The molecule has 0 saturated carbocycles. The van der Waals surface area contributed by atoms with Crippen molar-refractivity contribution in [3.63, 3.8) is 0 Å². The van der Waals surface area contributed by atoms with Crippen molar-refractivity contribution in [1.29, 1.82) is 0 Å². The summed E-state index contributed by atoms with van der Waals surface area (Å²) in [5.41, 5.74) is 5.49. The van der Waals surface area contributed by atoms with Crippen molar-refractivity contribution >= 4 is 17.8 Å². The van der Waals surface area contributed by atoms with Crippen LogP contribution in [0.1, 0.15) is 33.1 Å². The highest BCUT2D eigenvalue weighted by atomic mass is 16.4. The quantitative estimate of drug-likeness (QED) is 0.478. The van der Waals surface area contributed by atoms with Crippen LogP contribution in [0.4, 0.5) is 0 Å². The number of carboxylic acid groups (broad SMARTS) is 2. The maximum atomic E-state index is 11.6. The highest BCUT2D eigenvalue weighted by Gasteiger charge is 2.27. The molecule has 0 aliphatic heterocycles. The second-order valence-electron chi connectivity index (χ2n) is 4.25. The van der Waals surface area contributed by atoms with E-state index in [0.717, 1.165) is 0 Å². The smallest absolute Gasteiger partial charge is 0.326 e. The molecule has 0 saturated heterocycles. The first kappa shape index (κ1) is 16.4. The standard InChI is InChI=1S/C11H20N2O5/c1-3-6(2)9(11(17)18)13-10(16)7(12)4-5-8(14)15/h6-7,9H,3-5,12H2,1-2H3,(H,13,16)(H,14,15)(H,17,18)/t6-,7-,9-/m0/s1. The molecule has 0 radical (unpaired) electrons. The van der Waals surface area contributed by atoms with Crippen molar-refractivity contribution in [1.82, 2.24) is 5.32 Å². The van der Waals surface area contributed by atoms with Crippen LogP contribution in [0.5, 0.6) is 0 Å². The Labute approximate surface area is 105 Å². The number of hydrogen-bond donors (Lipinski definition) is 4. The number of nitrogens with one attached hydrogen (secondary N) is 1. The Morgan fingerprint density at radius 2 is 1.83 bits per heavy atom. The van der Waals surface area contributed by atoms with E-state index in [1.807, 2.05) is 6.92 Å². The van der Waals surface area contributed by atoms with E-state index >= 15 is 0 Å². The maximum absolute atomic E-state index is 11.6. The molecule has 104 valence electrons. The van der Waals surface area contributed by atoms with Gasteiger partial charge in [0, 0.05) is 6.42 Å². The number of nitrogens with two attached hydrogens (primary N) is 1. The van der Waals surface area contributed by atoms with Gasteiger partial charge in [-0.05, 0) is 12.3 Å². The van der Waals surface area contributed by atoms with Crippen molar-refractivity contribution in [2.75, 3.05) is 0 Å². The third kappa shape index (κ3) is 5.62. The molecule has 0 bridgehead atoms. The third-order valence-electron chi connectivity index (χ3n) is 2.78. The molecule has 0 heterocycles. The Hall–Kier alpha value is -1.63. The van der Waals surface area contributed by atoms with Gasteiger partial charge in [0.2, 0.25) is 5.91 Å². The first-order valence-electron chi connectivity index (χ1n) is 5.80. The average Bonchev–Trinajstić information content (AvgIpc) is 2.30. The Morgan fingerprint density at radius 3 is 2.22 bits per heavy atom. The Kier molecular flexibility index (Phi) is 6.96. The van der Waals surface area contributed by atoms with Crippen molar-refractivity contribution in [2.45, 2.75) is 45.2 Å². The minimum Gasteiger partial charge on any atom is -0.481 e. The van der Waals surface area contributed by atoms with Crippen LogP contribution in [0, 0.1) is 5.92 Å². The van der Waals surface area contributed by atoms with Gasteiger partial charge in [0.05, 0.1) is 6.04 Å². The highest BCUT2D eigenvalue weighted by Crippen LogP contribution is 2.08. The Balaban J connectivity index is 4.41. The molecule has 0 fully saturated rings. The van der Waals surface area contributed by atoms with Gasteiger partial charge in [-0.2, -0.15) is 0 Å². The molecule has 0 spiro atoms. The first-order chi connectivity index (χ1) is 8.29. The van der Waals surface area contributed by atoms with E-state index in [2.05, 4.69) is 5.32 Å². The number of hydrogen-bond acceptors (Lipinski definition) is 4. The topological polar surface area (TPSA) is 130 Å². The van der Waals surface area contributed by atoms with Gasteiger partial charge in [0.15, 0.2) is 0 Å². The fourth-order valence-corrected chi connectivity index (χ4v) is 1.35. The van der Waals surface area contributed by atoms with Gasteiger partial charge < -0.3 is 21.3 Å². The average molecular weight is 260 g/mol. The Bertz CT molecular complexity index is 319. The molecular weight excluding hydrogens is 240 g/mol. The van der Waals surface area contributed by atoms with Crippen LogP contribution in [0.2, 0.25) is 0 Å². The van der Waals surface area contributed by atoms with Crippen molar-refractivity contribution < 1.29 is 24.6 Å². The monoisotopic (exact) mass is 260 g/mol. The van der Waals surface area contributed by atoms with Crippen LogP contribution < -0.4 is 11.1 Å². The fraction of sp³-hybridized carbons (Fsp3) is 0.727. The van der Waals surface area contributed by atoms with E-state index in [4.69, 9.17) is 15.9 Å². The third-order valence-corrected chi connectivity index (χ3v) is 2.78. The van der Waals surface area contributed by atoms with Crippen LogP contribution >= 0.6 is 0 Å². The SMILES string of the molecule is CC[C@H](C)[C@H](NC(=O)[C@@H](N)CCC(=O)O)C(=O)O. The lowest BCUT2D eigenvalue weighted by atomic mass is 9.98. The number of rotatable bonds is 8. The Morgan fingerprint density at radius 1 is 1.28 bits per heavy atom. The molecule has 3 atom stereocenters. The second-order valence-corrected chi connectivity index (χ2v) is 4.25. The number of carbonyl (C=O) groups excluding carboxylic acids is 1. The largest absolute Gasteiger partial charge is 0.481 e. The summed E-state index contributed by atoms with van der Waals surface area (Å²) in [6.45, 7) is 3.53. The molecule has 0 aliphatic rings. The van der Waals surface area contributed by atoms with E-state index in [1.165, 1.54) is 0 Å². The molecule has 0 aliphatic carbocycles. The number of carboxylic acids is 2. The van der Waals surface area contributed by atoms with Crippen LogP contribution in [-0.4, -0.2) is 40.1 Å². The molecule has 7 nitrogen and oxygen atoms in total. The number of carbonyl (C=O) groups is 3. The first-order valence-corrected chi connectivity index (χ1v) is 5.80. The fourth-order valence-electron chi connectivity index (χ4n) is 1.35. The van der Waals surface area contributed by atoms with Gasteiger partial charge in [-0.25, -0.2) is 4.79 Å². The van der Waals surface area contributed by atoms with Crippen LogP contribution in [-0.2, 0) is 14.4 Å². The van der Waals surface area contributed by atoms with E-state index < -0.39 is 29.9 Å². The van der Waals surface area contributed by atoms with Crippen LogP contribution in [0.3, 0.4) is 0 Å². The van der Waals surface area contributed by atoms with E-state index in [-0.39, 0.29) is 18.8 Å². The summed E-state index contributed by atoms with van der Waals surface area (Å²) in [6, 6.07) is -2.01. The summed E-state index contributed by atoms with van der Waals surface area (Å²) in [6.07, 6.45) is 0.352. The van der Waals surface area contributed by atoms with Gasteiger partial charge in [-0.15, -0.1) is 0 Å². The maximum Gasteiger partial charge on any atom is 0.326 e. The summed E-state index contributed by atoms with van der Waals surface area (Å²) >= 11 is 0. The lowest BCUT2D eigenvalue weighted by Gasteiger charge is -2.21. The normalized spacial score (nSPS) is 15.5. The number of amides is 1. The second kappa shape index (κ2) is 7.65. The van der Waals surface area contributed by atoms with E-state index in [9.17, 15) is 14.4 Å². The molecule has 5 N–H and O–H groups in total. The lowest BCUT2D eigenvalue weighted by Crippen LogP contribution is -2.51. The number of aliphatic carboxylic acids is 2. The lowest BCUT2D eigenvalue weighted by molar-refractivity contribution is -0.144. The van der Waals surface area contributed by atoms with Crippen molar-refractivity contribution in [3.05, 3.63) is 0 Å². The van der Waals surface area contributed by atoms with Gasteiger partial charge in [-0.1, -0.05) is 20.3 Å². The molecule has 1 amide bonds. The van der Waals surface area contributed by atoms with Gasteiger partial charge in [0.1, 0.15) is 6.04 Å². The molecule has 0 aromatic rings. The van der Waals surface area contributed by atoms with Gasteiger partial charge in [-0.3, -0.25) is 9.59 Å². The predicted octanol–water partition coefficient (Wildman–Crippen LogP) is -0.206. The van der Waals surface area contributed by atoms with Crippen molar-refractivity contribution in [2.24, 2.45) is 11.7 Å². The molecule has 0 aromatic carbocycles. The zero-order chi connectivity index (χ0) is 14.3. The van der Waals surface area contributed by atoms with Crippen molar-refractivity contribution in [3.8, 4) is 0 Å². The molecule has 0 rings (SSSR count). The van der Waals surface area contributed by atoms with Crippen LogP contribution in [0.15, 0.2) is 0 Å². The zero-order valence-corrected chi connectivity index (χ0v) is 10.5. The summed E-state index contributed by atoms with van der Waals surface area (Å²) in [5.74, 6) is -3.03. The summed E-state index contributed by atoms with van der Waals surface area (Å²) in [5, 5.41) is 19.8. The van der Waals surface area contributed by atoms with E-state index in [1.54, 1.807) is 6.92 Å². The molecule has 7 heteroatoms. The minimum atomic E-state index is -1.12.